The third-order valence-corrected chi connectivity index (χ3v) is 4.85. The highest BCUT2D eigenvalue weighted by molar-refractivity contribution is 5.88. The van der Waals surface area contributed by atoms with E-state index in [2.05, 4.69) is 9.97 Å². The van der Waals surface area contributed by atoms with Gasteiger partial charge in [0.25, 0.3) is 0 Å². The zero-order valence-electron chi connectivity index (χ0n) is 14.6. The summed E-state index contributed by atoms with van der Waals surface area (Å²) in [5, 5.41) is 0.431. The first-order valence-corrected chi connectivity index (χ1v) is 8.69. The number of hydrogen-bond acceptors (Lipinski definition) is 4. The average molecular weight is 374 g/mol. The maximum atomic E-state index is 13.2. The third-order valence-electron chi connectivity index (χ3n) is 4.85. The van der Waals surface area contributed by atoms with Crippen molar-refractivity contribution in [2.75, 3.05) is 11.4 Å². The summed E-state index contributed by atoms with van der Waals surface area (Å²) in [5.74, 6) is 0.397. The van der Waals surface area contributed by atoms with E-state index in [1.165, 1.54) is 6.07 Å². The minimum Gasteiger partial charge on any atom is -0.353 e. The van der Waals surface area contributed by atoms with Crippen LogP contribution < -0.4 is 10.6 Å². The molecule has 3 heterocycles. The Bertz CT molecular complexity index is 1050. The van der Waals surface area contributed by atoms with Crippen molar-refractivity contribution in [3.63, 3.8) is 0 Å². The Kier molecular flexibility index (Phi) is 4.13. The maximum absolute atomic E-state index is 13.2. The van der Waals surface area contributed by atoms with Gasteiger partial charge in [-0.25, -0.2) is 14.3 Å². The van der Waals surface area contributed by atoms with Gasteiger partial charge >= 0.3 is 11.9 Å². The summed E-state index contributed by atoms with van der Waals surface area (Å²) in [7, 11) is 0. The molecule has 1 aliphatic heterocycles. The van der Waals surface area contributed by atoms with E-state index < -0.39 is 17.6 Å². The summed E-state index contributed by atoms with van der Waals surface area (Å²) >= 11 is 0. The van der Waals surface area contributed by atoms with Gasteiger partial charge in [0, 0.05) is 12.6 Å². The normalized spacial score (nSPS) is 17.6. The average Bonchev–Trinajstić information content (AvgIpc) is 3.06. The van der Waals surface area contributed by atoms with Crippen molar-refractivity contribution < 1.29 is 13.2 Å². The van der Waals surface area contributed by atoms with E-state index in [1.54, 1.807) is 30.3 Å². The molecule has 1 saturated heterocycles. The number of rotatable bonds is 2. The summed E-state index contributed by atoms with van der Waals surface area (Å²) < 4.78 is 40.8. The predicted molar refractivity (Wildman–Crippen MR) is 96.2 cm³/mol. The van der Waals surface area contributed by atoms with Gasteiger partial charge in [0.2, 0.25) is 0 Å². The van der Waals surface area contributed by atoms with Crippen LogP contribution in [0.15, 0.2) is 47.3 Å². The van der Waals surface area contributed by atoms with Crippen LogP contribution in [0.1, 0.15) is 25.5 Å². The molecule has 1 aromatic carbocycles. The standard InChI is InChI=1S/C19H17F3N4O/c1-12-6-5-11-25(12)16-14-9-10-15(19(20,21)22)23-17(14)26(18(27)24-16)13-7-3-2-4-8-13/h2-4,7-10,12H,5-6,11H2,1H3/t12-/m0/s1. The molecule has 0 radical (unpaired) electrons. The Morgan fingerprint density at radius 1 is 1.07 bits per heavy atom. The van der Waals surface area contributed by atoms with Crippen LogP contribution in [0.2, 0.25) is 0 Å². The quantitative estimate of drug-likeness (QED) is 0.685. The number of nitrogens with zero attached hydrogens (tertiary/aromatic N) is 4. The number of anilines is 1. The molecule has 8 heteroatoms. The molecule has 140 valence electrons. The Morgan fingerprint density at radius 3 is 2.44 bits per heavy atom. The van der Waals surface area contributed by atoms with Crippen molar-refractivity contribution in [1.82, 2.24) is 14.5 Å². The van der Waals surface area contributed by atoms with Crippen molar-refractivity contribution in [2.45, 2.75) is 32.0 Å². The lowest BCUT2D eigenvalue weighted by molar-refractivity contribution is -0.141. The molecule has 3 aromatic rings. The van der Waals surface area contributed by atoms with Crippen LogP contribution in [0.4, 0.5) is 19.0 Å². The highest BCUT2D eigenvalue weighted by Gasteiger charge is 2.34. The Morgan fingerprint density at radius 2 is 1.81 bits per heavy atom. The minimum atomic E-state index is -4.60. The predicted octanol–water partition coefficient (Wildman–Crippen LogP) is 3.79. The monoisotopic (exact) mass is 374 g/mol. The van der Waals surface area contributed by atoms with Crippen molar-refractivity contribution in [1.29, 1.82) is 0 Å². The summed E-state index contributed by atoms with van der Waals surface area (Å²) in [6.07, 6.45) is -2.71. The molecule has 1 atom stereocenters. The first-order valence-electron chi connectivity index (χ1n) is 8.69. The third kappa shape index (κ3) is 3.05. The van der Waals surface area contributed by atoms with Crippen LogP contribution in [-0.4, -0.2) is 27.1 Å². The van der Waals surface area contributed by atoms with Gasteiger partial charge in [-0.1, -0.05) is 18.2 Å². The van der Waals surface area contributed by atoms with E-state index >= 15 is 0 Å². The second-order valence-corrected chi connectivity index (χ2v) is 6.64. The molecular weight excluding hydrogens is 357 g/mol. The number of pyridine rings is 1. The van der Waals surface area contributed by atoms with E-state index in [1.807, 2.05) is 11.8 Å². The topological polar surface area (TPSA) is 51.0 Å². The zero-order valence-corrected chi connectivity index (χ0v) is 14.6. The second kappa shape index (κ2) is 6.37. The van der Waals surface area contributed by atoms with E-state index in [-0.39, 0.29) is 11.7 Å². The summed E-state index contributed by atoms with van der Waals surface area (Å²) in [6.45, 7) is 2.72. The van der Waals surface area contributed by atoms with Gasteiger partial charge < -0.3 is 4.90 Å². The molecule has 0 bridgehead atoms. The lowest BCUT2D eigenvalue weighted by Crippen LogP contribution is -2.32. The smallest absolute Gasteiger partial charge is 0.353 e. The van der Waals surface area contributed by atoms with Crippen molar-refractivity contribution in [2.24, 2.45) is 0 Å². The SMILES string of the molecule is C[C@H]1CCCN1c1nc(=O)n(-c2ccccc2)c2nc(C(F)(F)F)ccc12. The number of fused-ring (bicyclic) bond motifs is 1. The zero-order chi connectivity index (χ0) is 19.2. The molecule has 1 fully saturated rings. The number of alkyl halides is 3. The van der Waals surface area contributed by atoms with Crippen LogP contribution in [0.3, 0.4) is 0 Å². The molecule has 0 unspecified atom stereocenters. The summed E-state index contributed by atoms with van der Waals surface area (Å²) in [5.41, 5.74) is -1.29. The number of para-hydroxylation sites is 1. The molecule has 0 spiro atoms. The second-order valence-electron chi connectivity index (χ2n) is 6.64. The van der Waals surface area contributed by atoms with Crippen molar-refractivity contribution >= 4 is 16.9 Å². The molecule has 2 aromatic heterocycles. The highest BCUT2D eigenvalue weighted by Crippen LogP contribution is 2.33. The van der Waals surface area contributed by atoms with Gasteiger partial charge in [-0.3, -0.25) is 0 Å². The van der Waals surface area contributed by atoms with E-state index in [0.717, 1.165) is 23.5 Å². The van der Waals surface area contributed by atoms with Gasteiger partial charge in [-0.2, -0.15) is 18.2 Å². The lowest BCUT2D eigenvalue weighted by Gasteiger charge is -2.24. The van der Waals surface area contributed by atoms with Gasteiger partial charge in [0.1, 0.15) is 11.5 Å². The van der Waals surface area contributed by atoms with E-state index in [4.69, 9.17) is 0 Å². The van der Waals surface area contributed by atoms with Crippen LogP contribution in [0.25, 0.3) is 16.7 Å². The van der Waals surface area contributed by atoms with Gasteiger partial charge in [0.15, 0.2) is 5.65 Å². The fourth-order valence-electron chi connectivity index (χ4n) is 3.52. The Labute approximate surface area is 153 Å². The molecule has 27 heavy (non-hydrogen) atoms. The fraction of sp³-hybridized carbons (Fsp3) is 0.316. The van der Waals surface area contributed by atoms with Gasteiger partial charge in [0.05, 0.1) is 11.1 Å². The van der Waals surface area contributed by atoms with Crippen LogP contribution in [0.5, 0.6) is 0 Å². The number of hydrogen-bond donors (Lipinski definition) is 0. The highest BCUT2D eigenvalue weighted by atomic mass is 19.4. The van der Waals surface area contributed by atoms with Crippen LogP contribution in [-0.2, 0) is 6.18 Å². The Balaban J connectivity index is 2.05. The lowest BCUT2D eigenvalue weighted by atomic mass is 10.2. The Hall–Kier alpha value is -2.90. The largest absolute Gasteiger partial charge is 0.433 e. The first-order chi connectivity index (χ1) is 12.9. The number of benzene rings is 1. The molecule has 0 aliphatic carbocycles. The molecule has 1 aliphatic rings. The van der Waals surface area contributed by atoms with Gasteiger partial charge in [-0.05, 0) is 44.0 Å². The number of aromatic nitrogens is 3. The molecule has 4 rings (SSSR count). The van der Waals surface area contributed by atoms with E-state index in [0.29, 0.717) is 23.4 Å². The van der Waals surface area contributed by atoms with Crippen LogP contribution >= 0.6 is 0 Å². The fourth-order valence-corrected chi connectivity index (χ4v) is 3.52. The molecule has 0 saturated carbocycles. The summed E-state index contributed by atoms with van der Waals surface area (Å²) in [6, 6.07) is 10.9. The molecule has 5 nitrogen and oxygen atoms in total. The molecular formula is C19H17F3N4O. The minimum absolute atomic E-state index is 0.0369. The summed E-state index contributed by atoms with van der Waals surface area (Å²) in [4.78, 5) is 22.8. The molecule has 0 N–H and O–H groups in total. The first kappa shape index (κ1) is 17.5. The molecule has 0 amide bonds. The van der Waals surface area contributed by atoms with Crippen molar-refractivity contribution in [3.05, 3.63) is 58.6 Å². The maximum Gasteiger partial charge on any atom is 0.433 e. The van der Waals surface area contributed by atoms with E-state index in [9.17, 15) is 18.0 Å². The van der Waals surface area contributed by atoms with Gasteiger partial charge in [-0.15, -0.1) is 0 Å². The number of halogens is 3. The van der Waals surface area contributed by atoms with Crippen molar-refractivity contribution in [3.8, 4) is 5.69 Å². The van der Waals surface area contributed by atoms with Crippen LogP contribution in [0, 0.1) is 0 Å².